The molecule has 0 heterocycles. The number of carbonyl (C=O) groups excluding carboxylic acids is 2. The Labute approximate surface area is 120 Å². The number of ether oxygens (including phenoxy) is 3. The van der Waals surface area contributed by atoms with Crippen molar-refractivity contribution in [2.75, 3.05) is 13.2 Å². The van der Waals surface area contributed by atoms with Crippen LogP contribution in [-0.2, 0) is 14.3 Å². The molecule has 1 aromatic rings. The molecule has 0 atom stereocenters. The van der Waals surface area contributed by atoms with E-state index in [1.165, 1.54) is 24.5 Å². The number of rotatable bonds is 6. The van der Waals surface area contributed by atoms with Gasteiger partial charge in [0.25, 0.3) is 6.26 Å². The lowest BCUT2D eigenvalue weighted by Crippen LogP contribution is -2.12. The van der Waals surface area contributed by atoms with Crippen LogP contribution in [0.2, 0.25) is 5.02 Å². The molecule has 0 radical (unpaired) electrons. The summed E-state index contributed by atoms with van der Waals surface area (Å²) in [4.78, 5) is 22.8. The van der Waals surface area contributed by atoms with Gasteiger partial charge in [0.05, 0.1) is 23.6 Å². The molecule has 20 heavy (non-hydrogen) atoms. The van der Waals surface area contributed by atoms with Crippen LogP contribution in [0, 0.1) is 11.5 Å². The zero-order chi connectivity index (χ0) is 15.0. The molecule has 0 aliphatic carbocycles. The number of hydrogen-bond acceptors (Lipinski definition) is 6. The highest BCUT2D eigenvalue weighted by Crippen LogP contribution is 2.22. The first-order chi connectivity index (χ1) is 9.58. The maximum Gasteiger partial charge on any atom is 0.339 e. The Hall–Kier alpha value is -2.26. The molecular formula is C13H12ClNO5. The van der Waals surface area contributed by atoms with Crippen molar-refractivity contribution in [1.82, 2.24) is 0 Å². The van der Waals surface area contributed by atoms with Gasteiger partial charge in [0.2, 0.25) is 0 Å². The molecule has 0 saturated carbocycles. The minimum atomic E-state index is -0.706. The van der Waals surface area contributed by atoms with E-state index in [0.717, 1.165) is 0 Å². The van der Waals surface area contributed by atoms with Crippen LogP contribution >= 0.6 is 11.6 Å². The van der Waals surface area contributed by atoms with Gasteiger partial charge in [-0.25, -0.2) is 4.79 Å². The van der Waals surface area contributed by atoms with Crippen molar-refractivity contribution in [3.8, 4) is 12.0 Å². The molecule has 0 spiro atoms. The number of nitriles is 1. The van der Waals surface area contributed by atoms with Gasteiger partial charge in [0.15, 0.2) is 0 Å². The van der Waals surface area contributed by atoms with Crippen molar-refractivity contribution in [3.63, 3.8) is 0 Å². The monoisotopic (exact) mass is 297 g/mol. The Morgan fingerprint density at radius 2 is 2.10 bits per heavy atom. The predicted octanol–water partition coefficient (Wildman–Crippen LogP) is 2.31. The molecular weight excluding hydrogens is 286 g/mol. The summed E-state index contributed by atoms with van der Waals surface area (Å²) in [6.45, 7) is 1.84. The second-order valence-electron chi connectivity index (χ2n) is 3.53. The largest absolute Gasteiger partial charge is 0.466 e. The molecule has 0 fully saturated rings. The van der Waals surface area contributed by atoms with Crippen LogP contribution < -0.4 is 4.74 Å². The summed E-state index contributed by atoms with van der Waals surface area (Å²) in [6.07, 6.45) is 1.45. The number of nitrogens with zero attached hydrogens (tertiary/aromatic N) is 1. The molecule has 1 aromatic carbocycles. The molecule has 0 amide bonds. The Morgan fingerprint density at radius 1 is 1.35 bits per heavy atom. The summed E-state index contributed by atoms with van der Waals surface area (Å²) in [5.41, 5.74) is 0.0586. The fourth-order valence-corrected chi connectivity index (χ4v) is 1.51. The Morgan fingerprint density at radius 3 is 2.75 bits per heavy atom. The Kier molecular flexibility index (Phi) is 6.33. The van der Waals surface area contributed by atoms with Gasteiger partial charge >= 0.3 is 11.9 Å². The van der Waals surface area contributed by atoms with E-state index < -0.39 is 11.9 Å². The minimum absolute atomic E-state index is 0.0361. The van der Waals surface area contributed by atoms with Crippen molar-refractivity contribution in [2.24, 2.45) is 0 Å². The van der Waals surface area contributed by atoms with Gasteiger partial charge in [-0.1, -0.05) is 11.6 Å². The third kappa shape index (κ3) is 4.78. The molecule has 106 valence electrons. The van der Waals surface area contributed by atoms with E-state index in [-0.39, 0.29) is 36.0 Å². The van der Waals surface area contributed by atoms with E-state index >= 15 is 0 Å². The van der Waals surface area contributed by atoms with Crippen LogP contribution in [0.25, 0.3) is 0 Å². The fourth-order valence-electron chi connectivity index (χ4n) is 1.31. The molecule has 0 saturated heterocycles. The van der Waals surface area contributed by atoms with Gasteiger partial charge in [-0.2, -0.15) is 0 Å². The number of benzene rings is 1. The maximum absolute atomic E-state index is 11.8. The second-order valence-corrected chi connectivity index (χ2v) is 3.93. The van der Waals surface area contributed by atoms with Gasteiger partial charge in [-0.05, 0) is 25.1 Å². The van der Waals surface area contributed by atoms with Crippen LogP contribution in [0.15, 0.2) is 18.2 Å². The highest BCUT2D eigenvalue weighted by molar-refractivity contribution is 6.33. The molecule has 0 aromatic heterocycles. The lowest BCUT2D eigenvalue weighted by Gasteiger charge is -2.07. The summed E-state index contributed by atoms with van der Waals surface area (Å²) in [5, 5.41) is 8.56. The van der Waals surface area contributed by atoms with Crippen LogP contribution in [-0.4, -0.2) is 25.2 Å². The third-order valence-electron chi connectivity index (χ3n) is 2.17. The zero-order valence-corrected chi connectivity index (χ0v) is 11.5. The molecule has 6 nitrogen and oxygen atoms in total. The average molecular weight is 298 g/mol. The normalized spacial score (nSPS) is 9.45. The quantitative estimate of drug-likeness (QED) is 0.591. The minimum Gasteiger partial charge on any atom is -0.466 e. The van der Waals surface area contributed by atoms with Crippen molar-refractivity contribution >= 4 is 23.5 Å². The van der Waals surface area contributed by atoms with Crippen LogP contribution in [0.3, 0.4) is 0 Å². The van der Waals surface area contributed by atoms with Crippen LogP contribution in [0.1, 0.15) is 23.7 Å². The van der Waals surface area contributed by atoms with Crippen molar-refractivity contribution in [3.05, 3.63) is 28.8 Å². The highest BCUT2D eigenvalue weighted by Gasteiger charge is 2.14. The number of esters is 2. The smallest absolute Gasteiger partial charge is 0.339 e. The Bertz CT molecular complexity index is 538. The lowest BCUT2D eigenvalue weighted by atomic mass is 10.2. The molecule has 0 aliphatic heterocycles. The first kappa shape index (κ1) is 15.8. The summed E-state index contributed by atoms with van der Waals surface area (Å²) in [6, 6.07) is 4.15. The van der Waals surface area contributed by atoms with Crippen molar-refractivity contribution in [1.29, 1.82) is 5.26 Å². The first-order valence-corrected chi connectivity index (χ1v) is 6.14. The number of halogens is 1. The van der Waals surface area contributed by atoms with E-state index in [9.17, 15) is 9.59 Å². The molecule has 0 unspecified atom stereocenters. The molecule has 0 N–H and O–H groups in total. The fraction of sp³-hybridized carbons (Fsp3) is 0.308. The average Bonchev–Trinajstić information content (AvgIpc) is 2.41. The highest BCUT2D eigenvalue weighted by atomic mass is 35.5. The lowest BCUT2D eigenvalue weighted by molar-refractivity contribution is -0.143. The van der Waals surface area contributed by atoms with E-state index in [1.807, 2.05) is 0 Å². The molecule has 7 heteroatoms. The predicted molar refractivity (Wildman–Crippen MR) is 69.2 cm³/mol. The Balaban J connectivity index is 2.61. The SMILES string of the molecule is CCOC(=O)CCOC(=O)c1cc(OC#N)ccc1Cl. The summed E-state index contributed by atoms with van der Waals surface area (Å²) in [5.74, 6) is -0.982. The van der Waals surface area contributed by atoms with Crippen molar-refractivity contribution < 1.29 is 23.8 Å². The maximum atomic E-state index is 11.8. The van der Waals surface area contributed by atoms with Crippen LogP contribution in [0.4, 0.5) is 0 Å². The van der Waals surface area contributed by atoms with E-state index in [4.69, 9.17) is 26.3 Å². The van der Waals surface area contributed by atoms with Crippen molar-refractivity contribution in [2.45, 2.75) is 13.3 Å². The summed E-state index contributed by atoms with van der Waals surface area (Å²) >= 11 is 5.85. The van der Waals surface area contributed by atoms with E-state index in [0.29, 0.717) is 0 Å². The molecule has 1 rings (SSSR count). The van der Waals surface area contributed by atoms with Gasteiger partial charge in [0.1, 0.15) is 12.4 Å². The first-order valence-electron chi connectivity index (χ1n) is 5.76. The third-order valence-corrected chi connectivity index (χ3v) is 2.50. The van der Waals surface area contributed by atoms with E-state index in [2.05, 4.69) is 4.74 Å². The van der Waals surface area contributed by atoms with Gasteiger partial charge in [0, 0.05) is 0 Å². The summed E-state index contributed by atoms with van der Waals surface area (Å²) in [7, 11) is 0. The molecule has 0 bridgehead atoms. The topological polar surface area (TPSA) is 85.6 Å². The number of hydrogen-bond donors (Lipinski definition) is 0. The number of carbonyl (C=O) groups is 2. The summed E-state index contributed by atoms with van der Waals surface area (Å²) < 4.78 is 14.2. The second kappa shape index (κ2) is 8.02. The van der Waals surface area contributed by atoms with E-state index in [1.54, 1.807) is 6.92 Å². The van der Waals surface area contributed by atoms with Gasteiger partial charge in [-0.15, -0.1) is 5.26 Å². The van der Waals surface area contributed by atoms with Gasteiger partial charge < -0.3 is 14.2 Å². The van der Waals surface area contributed by atoms with Gasteiger partial charge in [-0.3, -0.25) is 4.79 Å². The zero-order valence-electron chi connectivity index (χ0n) is 10.7. The standard InChI is InChI=1S/C13H12ClNO5/c1-2-18-12(16)5-6-19-13(17)10-7-9(20-8-15)3-4-11(10)14/h3-4,7H,2,5-6H2,1H3. The van der Waals surface area contributed by atoms with Crippen LogP contribution in [0.5, 0.6) is 5.75 Å². The molecule has 0 aliphatic rings.